The molecule has 0 aromatic carbocycles. The van der Waals surface area contributed by atoms with Gasteiger partial charge in [0.2, 0.25) is 0 Å². The summed E-state index contributed by atoms with van der Waals surface area (Å²) in [6, 6.07) is 1.05. The van der Waals surface area contributed by atoms with Crippen molar-refractivity contribution in [2.45, 2.75) is 6.42 Å². The molecule has 4 nitrogen and oxygen atoms in total. The second-order valence-electron chi connectivity index (χ2n) is 4.00. The molecule has 0 bridgehead atoms. The van der Waals surface area contributed by atoms with E-state index < -0.39 is 5.82 Å². The zero-order valence-electron chi connectivity index (χ0n) is 9.11. The molecule has 86 valence electrons. The highest BCUT2D eigenvalue weighted by molar-refractivity contribution is 5.50. The fourth-order valence-corrected chi connectivity index (χ4v) is 1.76. The maximum Gasteiger partial charge on any atom is 0.278 e. The summed E-state index contributed by atoms with van der Waals surface area (Å²) in [5.41, 5.74) is 5.85. The summed E-state index contributed by atoms with van der Waals surface area (Å²) < 4.78 is 14.5. The number of pyridine rings is 1. The van der Waals surface area contributed by atoms with Crippen molar-refractivity contribution >= 4 is 11.4 Å². The number of halogens is 1. The molecule has 0 fully saturated rings. The first-order chi connectivity index (χ1) is 7.58. The number of nitrogens with two attached hydrogens (primary N) is 1. The number of rotatable bonds is 1. The van der Waals surface area contributed by atoms with Gasteiger partial charge in [-0.15, -0.1) is 0 Å². The minimum absolute atomic E-state index is 0.0557. The van der Waals surface area contributed by atoms with Gasteiger partial charge in [0.15, 0.2) is 0 Å². The van der Waals surface area contributed by atoms with Gasteiger partial charge in [0, 0.05) is 37.5 Å². The molecule has 0 amide bonds. The number of nitrogen functional groups attached to an aromatic ring is 1. The Kier molecular flexibility index (Phi) is 2.78. The predicted molar refractivity (Wildman–Crippen MR) is 61.5 cm³/mol. The van der Waals surface area contributed by atoms with Crippen molar-refractivity contribution in [3.63, 3.8) is 0 Å². The maximum absolute atomic E-state index is 13.2. The van der Waals surface area contributed by atoms with Crippen LogP contribution < -0.4 is 11.3 Å². The molecule has 2 heterocycles. The van der Waals surface area contributed by atoms with Crippen molar-refractivity contribution in [1.82, 2.24) is 9.47 Å². The number of aromatic nitrogens is 1. The first-order valence-corrected chi connectivity index (χ1v) is 5.13. The smallest absolute Gasteiger partial charge is 0.278 e. The molecule has 0 radical (unpaired) electrons. The highest BCUT2D eigenvalue weighted by Crippen LogP contribution is 2.14. The van der Waals surface area contributed by atoms with E-state index in [9.17, 15) is 9.18 Å². The van der Waals surface area contributed by atoms with Gasteiger partial charge in [0.25, 0.3) is 5.56 Å². The van der Waals surface area contributed by atoms with Crippen LogP contribution in [0.3, 0.4) is 0 Å². The van der Waals surface area contributed by atoms with Gasteiger partial charge in [-0.05, 0) is 7.05 Å². The molecule has 1 aliphatic heterocycles. The SMILES string of the molecule is CN1CC=C(n2cc(F)cc(N)c2=O)CC1. The van der Waals surface area contributed by atoms with Gasteiger partial charge in [-0.25, -0.2) is 4.39 Å². The van der Waals surface area contributed by atoms with Crippen molar-refractivity contribution in [1.29, 1.82) is 0 Å². The van der Waals surface area contributed by atoms with Crippen LogP contribution in [0.4, 0.5) is 10.1 Å². The van der Waals surface area contributed by atoms with Gasteiger partial charge in [0.05, 0.1) is 0 Å². The average molecular weight is 223 g/mol. The molecule has 1 aliphatic rings. The summed E-state index contributed by atoms with van der Waals surface area (Å²) in [6.45, 7) is 1.62. The van der Waals surface area contributed by atoms with Crippen LogP contribution in [0.5, 0.6) is 0 Å². The van der Waals surface area contributed by atoms with E-state index in [2.05, 4.69) is 4.90 Å². The minimum atomic E-state index is -0.489. The largest absolute Gasteiger partial charge is 0.394 e. The number of hydrogen-bond acceptors (Lipinski definition) is 3. The summed E-state index contributed by atoms with van der Waals surface area (Å²) in [6.07, 6.45) is 3.83. The molecular formula is C11H14FN3O. The Morgan fingerprint density at radius 3 is 2.88 bits per heavy atom. The Bertz CT molecular complexity index is 492. The van der Waals surface area contributed by atoms with Crippen LogP contribution >= 0.6 is 0 Å². The molecule has 0 aliphatic carbocycles. The Balaban J connectivity index is 2.45. The molecule has 2 N–H and O–H groups in total. The summed E-state index contributed by atoms with van der Waals surface area (Å²) in [5, 5.41) is 0. The molecule has 0 saturated carbocycles. The van der Waals surface area contributed by atoms with Crippen molar-refractivity contribution in [2.24, 2.45) is 0 Å². The van der Waals surface area contributed by atoms with Crippen LogP contribution in [0.25, 0.3) is 5.70 Å². The quantitative estimate of drug-likeness (QED) is 0.764. The topological polar surface area (TPSA) is 51.3 Å². The zero-order chi connectivity index (χ0) is 11.7. The van der Waals surface area contributed by atoms with Gasteiger partial charge in [-0.3, -0.25) is 9.36 Å². The number of anilines is 1. The number of hydrogen-bond donors (Lipinski definition) is 1. The molecule has 1 aromatic heterocycles. The van der Waals surface area contributed by atoms with Crippen LogP contribution in [0.15, 0.2) is 23.1 Å². The van der Waals surface area contributed by atoms with Gasteiger partial charge >= 0.3 is 0 Å². The van der Waals surface area contributed by atoms with Crippen LogP contribution in [0.1, 0.15) is 6.42 Å². The standard InChI is InChI=1S/C11H14FN3O/c1-14-4-2-9(3-5-14)15-7-8(12)6-10(13)11(15)16/h2,6-7H,3-5,13H2,1H3. The van der Waals surface area contributed by atoms with Crippen LogP contribution in [-0.2, 0) is 0 Å². The molecule has 1 aromatic rings. The first kappa shape index (κ1) is 10.9. The van der Waals surface area contributed by atoms with Crippen LogP contribution in [0, 0.1) is 5.82 Å². The lowest BCUT2D eigenvalue weighted by atomic mass is 10.2. The molecular weight excluding hydrogens is 209 g/mol. The predicted octanol–water partition coefficient (Wildman–Crippen LogP) is 0.746. The summed E-state index contributed by atoms with van der Waals surface area (Å²) in [7, 11) is 2.00. The monoisotopic (exact) mass is 223 g/mol. The van der Waals surface area contributed by atoms with E-state index in [-0.39, 0.29) is 11.2 Å². The number of nitrogens with zero attached hydrogens (tertiary/aromatic N) is 2. The van der Waals surface area contributed by atoms with Crippen LogP contribution in [-0.4, -0.2) is 29.6 Å². The second-order valence-corrected chi connectivity index (χ2v) is 4.00. The lowest BCUT2D eigenvalue weighted by molar-refractivity contribution is 0.366. The molecule has 0 unspecified atom stereocenters. The Morgan fingerprint density at radius 2 is 2.25 bits per heavy atom. The van der Waals surface area contributed by atoms with Crippen molar-refractivity contribution in [3.8, 4) is 0 Å². The fourth-order valence-electron chi connectivity index (χ4n) is 1.76. The normalized spacial score (nSPS) is 17.2. The maximum atomic E-state index is 13.2. The lowest BCUT2D eigenvalue weighted by Crippen LogP contribution is -2.29. The van der Waals surface area contributed by atoms with Gasteiger partial charge < -0.3 is 10.6 Å². The zero-order valence-corrected chi connectivity index (χ0v) is 9.11. The fraction of sp³-hybridized carbons (Fsp3) is 0.364. The summed E-state index contributed by atoms with van der Waals surface area (Å²) in [4.78, 5) is 13.8. The molecule has 5 heteroatoms. The average Bonchev–Trinajstić information content (AvgIpc) is 2.25. The molecule has 16 heavy (non-hydrogen) atoms. The third kappa shape index (κ3) is 1.99. The van der Waals surface area contributed by atoms with E-state index in [0.717, 1.165) is 31.3 Å². The van der Waals surface area contributed by atoms with E-state index in [4.69, 9.17) is 5.73 Å². The Morgan fingerprint density at radius 1 is 1.50 bits per heavy atom. The van der Waals surface area contributed by atoms with E-state index >= 15 is 0 Å². The van der Waals surface area contributed by atoms with E-state index in [1.165, 1.54) is 10.8 Å². The summed E-state index contributed by atoms with van der Waals surface area (Å²) in [5.74, 6) is -0.489. The van der Waals surface area contributed by atoms with Crippen LogP contribution in [0.2, 0.25) is 0 Å². The van der Waals surface area contributed by atoms with E-state index in [1.807, 2.05) is 13.1 Å². The third-order valence-corrected chi connectivity index (χ3v) is 2.71. The van der Waals surface area contributed by atoms with Gasteiger partial charge in [0.1, 0.15) is 11.5 Å². The van der Waals surface area contributed by atoms with Gasteiger partial charge in [-0.1, -0.05) is 6.08 Å². The number of likely N-dealkylation sites (N-methyl/N-ethyl adjacent to an activating group) is 1. The first-order valence-electron chi connectivity index (χ1n) is 5.13. The van der Waals surface area contributed by atoms with E-state index in [0.29, 0.717) is 0 Å². The molecule has 0 saturated heterocycles. The highest BCUT2D eigenvalue weighted by atomic mass is 19.1. The van der Waals surface area contributed by atoms with Crippen molar-refractivity contribution < 1.29 is 4.39 Å². The molecule has 2 rings (SSSR count). The third-order valence-electron chi connectivity index (χ3n) is 2.71. The van der Waals surface area contributed by atoms with Crippen molar-refractivity contribution in [3.05, 3.63) is 34.5 Å². The summed E-state index contributed by atoms with van der Waals surface area (Å²) >= 11 is 0. The molecule has 0 spiro atoms. The van der Waals surface area contributed by atoms with Gasteiger partial charge in [-0.2, -0.15) is 0 Å². The van der Waals surface area contributed by atoms with E-state index in [1.54, 1.807) is 0 Å². The molecule has 0 atom stereocenters. The Labute approximate surface area is 92.8 Å². The highest BCUT2D eigenvalue weighted by Gasteiger charge is 2.12. The minimum Gasteiger partial charge on any atom is -0.394 e. The second kappa shape index (κ2) is 4.09. The Hall–Kier alpha value is -1.62. The van der Waals surface area contributed by atoms with Crippen molar-refractivity contribution in [2.75, 3.05) is 25.9 Å². The lowest BCUT2D eigenvalue weighted by Gasteiger charge is -2.22.